The summed E-state index contributed by atoms with van der Waals surface area (Å²) in [6.07, 6.45) is 7.58. The molecule has 0 radical (unpaired) electrons. The van der Waals surface area contributed by atoms with E-state index in [0.29, 0.717) is 17.3 Å². The molecule has 24 heavy (non-hydrogen) atoms. The number of rotatable bonds is 5. The molecule has 4 bridgehead atoms. The summed E-state index contributed by atoms with van der Waals surface area (Å²) in [7, 11) is 0. The Bertz CT molecular complexity index is 624. The second-order valence-corrected chi connectivity index (χ2v) is 9.08. The molecule has 3 heteroatoms. The van der Waals surface area contributed by atoms with Gasteiger partial charge in [0, 0.05) is 5.88 Å². The Hall–Kier alpha value is -1.02. The Kier molecular flexibility index (Phi) is 3.76. The van der Waals surface area contributed by atoms with Gasteiger partial charge in [0.1, 0.15) is 0 Å². The van der Waals surface area contributed by atoms with Gasteiger partial charge in [-0.3, -0.25) is 4.79 Å². The fraction of sp³-hybridized carbons (Fsp3) is 0.667. The van der Waals surface area contributed by atoms with Crippen LogP contribution in [0.4, 0.5) is 0 Å². The highest BCUT2D eigenvalue weighted by Gasteiger charge is 2.67. The summed E-state index contributed by atoms with van der Waals surface area (Å²) in [5.74, 6) is 1.82. The van der Waals surface area contributed by atoms with Crippen LogP contribution >= 0.6 is 11.6 Å². The molecule has 2 atom stereocenters. The first-order chi connectivity index (χ1) is 11.5. The van der Waals surface area contributed by atoms with Crippen LogP contribution in [0, 0.1) is 22.7 Å². The molecular weight excluding hydrogens is 318 g/mol. The van der Waals surface area contributed by atoms with Crippen molar-refractivity contribution in [3.63, 3.8) is 0 Å². The highest BCUT2D eigenvalue weighted by atomic mass is 35.5. The molecule has 0 saturated heterocycles. The minimum atomic E-state index is -0.285. The van der Waals surface area contributed by atoms with E-state index in [1.807, 2.05) is 0 Å². The summed E-state index contributed by atoms with van der Waals surface area (Å²) in [5.41, 5.74) is 7.56. The third kappa shape index (κ3) is 2.05. The lowest BCUT2D eigenvalue weighted by molar-refractivity contribution is -0.178. The standard InChI is InChI=1S/C21H28ClNO/c1-2-21(8-9-22)16-10-19(15-6-4-3-5-7-15)11-17(21)13-20(12-16,14-19)18(23)24/h3-7,16-17H,2,8-14H2,1H3,(H2,23,24). The van der Waals surface area contributed by atoms with E-state index in [4.69, 9.17) is 17.3 Å². The molecule has 0 heterocycles. The predicted octanol–water partition coefficient (Wildman–Crippen LogP) is 4.65. The Morgan fingerprint density at radius 2 is 1.79 bits per heavy atom. The van der Waals surface area contributed by atoms with Crippen LogP contribution in [0.5, 0.6) is 0 Å². The Morgan fingerprint density at radius 3 is 2.29 bits per heavy atom. The van der Waals surface area contributed by atoms with Crippen LogP contribution < -0.4 is 5.73 Å². The van der Waals surface area contributed by atoms with Crippen molar-refractivity contribution in [3.8, 4) is 0 Å². The molecule has 1 amide bonds. The molecule has 5 rings (SSSR count). The normalized spacial score (nSPS) is 43.1. The molecule has 1 aromatic rings. The van der Waals surface area contributed by atoms with Gasteiger partial charge in [0.15, 0.2) is 0 Å². The van der Waals surface area contributed by atoms with Crippen molar-refractivity contribution in [2.75, 3.05) is 5.88 Å². The third-order valence-corrected chi connectivity index (χ3v) is 8.17. The topological polar surface area (TPSA) is 43.1 Å². The number of alkyl halides is 1. The van der Waals surface area contributed by atoms with Crippen molar-refractivity contribution in [1.29, 1.82) is 0 Å². The van der Waals surface area contributed by atoms with Crippen LogP contribution in [0.15, 0.2) is 30.3 Å². The van der Waals surface area contributed by atoms with Crippen LogP contribution in [0.1, 0.15) is 57.4 Å². The van der Waals surface area contributed by atoms with Crippen LogP contribution in [0.3, 0.4) is 0 Å². The van der Waals surface area contributed by atoms with Gasteiger partial charge in [-0.25, -0.2) is 0 Å². The second-order valence-electron chi connectivity index (χ2n) is 8.70. The molecule has 4 saturated carbocycles. The van der Waals surface area contributed by atoms with Crippen molar-refractivity contribution >= 4 is 17.5 Å². The van der Waals surface area contributed by atoms with Crippen LogP contribution in [-0.4, -0.2) is 11.8 Å². The number of hydrogen-bond donors (Lipinski definition) is 1. The van der Waals surface area contributed by atoms with Gasteiger partial charge in [0.05, 0.1) is 5.41 Å². The lowest BCUT2D eigenvalue weighted by Crippen LogP contribution is -2.65. The minimum absolute atomic E-state index is 0.0622. The van der Waals surface area contributed by atoms with E-state index in [-0.39, 0.29) is 16.7 Å². The number of carbonyl (C=O) groups is 1. The molecule has 2 N–H and O–H groups in total. The molecule has 0 aromatic heterocycles. The number of benzene rings is 1. The molecule has 0 aliphatic heterocycles. The number of hydrogen-bond acceptors (Lipinski definition) is 1. The van der Waals surface area contributed by atoms with Crippen LogP contribution in [0.25, 0.3) is 0 Å². The largest absolute Gasteiger partial charge is 0.369 e. The fourth-order valence-electron chi connectivity index (χ4n) is 7.04. The van der Waals surface area contributed by atoms with Gasteiger partial charge in [-0.15, -0.1) is 11.6 Å². The zero-order valence-corrected chi connectivity index (χ0v) is 15.3. The first-order valence-electron chi connectivity index (χ1n) is 9.42. The maximum absolute atomic E-state index is 12.5. The van der Waals surface area contributed by atoms with Gasteiger partial charge in [0.25, 0.3) is 0 Å². The van der Waals surface area contributed by atoms with E-state index in [1.54, 1.807) is 0 Å². The molecule has 2 unspecified atom stereocenters. The van der Waals surface area contributed by atoms with Gasteiger partial charge in [-0.1, -0.05) is 37.3 Å². The van der Waals surface area contributed by atoms with Gasteiger partial charge >= 0.3 is 0 Å². The maximum atomic E-state index is 12.5. The molecule has 4 aliphatic rings. The SMILES string of the molecule is CCC1(CCCl)C2CC3(C(N)=O)CC1CC(c1ccccc1)(C2)C3. The number of primary amides is 1. The lowest BCUT2D eigenvalue weighted by Gasteiger charge is -2.69. The van der Waals surface area contributed by atoms with Crippen molar-refractivity contribution in [1.82, 2.24) is 0 Å². The zero-order chi connectivity index (χ0) is 17.0. The predicted molar refractivity (Wildman–Crippen MR) is 97.9 cm³/mol. The average Bonchev–Trinajstić information content (AvgIpc) is 2.58. The number of carbonyl (C=O) groups excluding carboxylic acids is 1. The molecular formula is C21H28ClNO. The van der Waals surface area contributed by atoms with Gasteiger partial charge in [-0.2, -0.15) is 0 Å². The molecule has 4 aliphatic carbocycles. The van der Waals surface area contributed by atoms with Crippen molar-refractivity contribution in [3.05, 3.63) is 35.9 Å². The summed E-state index contributed by atoms with van der Waals surface area (Å²) >= 11 is 6.22. The molecule has 2 nitrogen and oxygen atoms in total. The maximum Gasteiger partial charge on any atom is 0.223 e. The summed E-state index contributed by atoms with van der Waals surface area (Å²) in [6, 6.07) is 10.9. The van der Waals surface area contributed by atoms with E-state index in [1.165, 1.54) is 24.8 Å². The van der Waals surface area contributed by atoms with Crippen molar-refractivity contribution in [2.24, 2.45) is 28.4 Å². The quantitative estimate of drug-likeness (QED) is 0.776. The van der Waals surface area contributed by atoms with E-state index in [0.717, 1.165) is 31.6 Å². The third-order valence-electron chi connectivity index (χ3n) is 7.98. The minimum Gasteiger partial charge on any atom is -0.369 e. The monoisotopic (exact) mass is 345 g/mol. The van der Waals surface area contributed by atoms with E-state index >= 15 is 0 Å². The molecule has 130 valence electrons. The lowest BCUT2D eigenvalue weighted by atomic mass is 9.35. The van der Waals surface area contributed by atoms with E-state index < -0.39 is 0 Å². The molecule has 1 aromatic carbocycles. The number of halogens is 1. The first kappa shape index (κ1) is 16.4. The zero-order valence-electron chi connectivity index (χ0n) is 14.6. The highest BCUT2D eigenvalue weighted by Crippen LogP contribution is 2.72. The van der Waals surface area contributed by atoms with Crippen molar-refractivity contribution < 1.29 is 4.79 Å². The van der Waals surface area contributed by atoms with Crippen LogP contribution in [0.2, 0.25) is 0 Å². The molecule has 4 fully saturated rings. The Balaban J connectivity index is 1.81. The summed E-state index contributed by atoms with van der Waals surface area (Å²) in [5, 5.41) is 0. The Morgan fingerprint density at radius 1 is 1.17 bits per heavy atom. The Labute approximate surface area is 150 Å². The summed E-state index contributed by atoms with van der Waals surface area (Å²) in [6.45, 7) is 2.32. The smallest absolute Gasteiger partial charge is 0.223 e. The van der Waals surface area contributed by atoms with Gasteiger partial charge < -0.3 is 5.73 Å². The van der Waals surface area contributed by atoms with E-state index in [2.05, 4.69) is 37.3 Å². The van der Waals surface area contributed by atoms with Gasteiger partial charge in [0.2, 0.25) is 5.91 Å². The van der Waals surface area contributed by atoms with Crippen LogP contribution in [-0.2, 0) is 10.2 Å². The molecule has 0 spiro atoms. The fourth-order valence-corrected chi connectivity index (χ4v) is 7.39. The summed E-state index contributed by atoms with van der Waals surface area (Å²) in [4.78, 5) is 12.5. The first-order valence-corrected chi connectivity index (χ1v) is 9.95. The second kappa shape index (κ2) is 5.49. The average molecular weight is 346 g/mol. The highest BCUT2D eigenvalue weighted by molar-refractivity contribution is 6.17. The van der Waals surface area contributed by atoms with Gasteiger partial charge in [-0.05, 0) is 73.2 Å². The number of amides is 1. The van der Waals surface area contributed by atoms with E-state index in [9.17, 15) is 4.79 Å². The number of nitrogens with two attached hydrogens (primary N) is 1. The van der Waals surface area contributed by atoms with Crippen molar-refractivity contribution in [2.45, 2.75) is 57.3 Å². The summed E-state index contributed by atoms with van der Waals surface area (Å²) < 4.78 is 0.